The highest BCUT2D eigenvalue weighted by molar-refractivity contribution is 8.00. The van der Waals surface area contributed by atoms with E-state index in [0.717, 1.165) is 25.1 Å². The molecule has 108 valence electrons. The molecule has 1 heterocycles. The van der Waals surface area contributed by atoms with E-state index in [2.05, 4.69) is 19.9 Å². The van der Waals surface area contributed by atoms with E-state index in [4.69, 9.17) is 0 Å². The van der Waals surface area contributed by atoms with E-state index in [1.54, 1.807) is 0 Å². The summed E-state index contributed by atoms with van der Waals surface area (Å²) in [6, 6.07) is 2.58. The molecule has 1 amide bonds. The van der Waals surface area contributed by atoms with Crippen LogP contribution in [0.2, 0.25) is 0 Å². The fraction of sp³-hybridized carbons (Fsp3) is 0.867. The number of hydrogen-bond acceptors (Lipinski definition) is 3. The van der Waals surface area contributed by atoms with Crippen molar-refractivity contribution in [3.05, 3.63) is 0 Å². The lowest BCUT2D eigenvalue weighted by molar-refractivity contribution is -0.141. The Morgan fingerprint density at radius 2 is 1.95 bits per heavy atom. The summed E-state index contributed by atoms with van der Waals surface area (Å²) in [4.78, 5) is 14.8. The molecule has 0 aromatic carbocycles. The van der Waals surface area contributed by atoms with Crippen LogP contribution < -0.4 is 0 Å². The lowest BCUT2D eigenvalue weighted by Gasteiger charge is -2.41. The van der Waals surface area contributed by atoms with Crippen LogP contribution in [0.15, 0.2) is 0 Å². The van der Waals surface area contributed by atoms with Crippen molar-refractivity contribution in [2.75, 3.05) is 12.3 Å². The number of amides is 1. The lowest BCUT2D eigenvalue weighted by Crippen LogP contribution is -2.53. The molecule has 4 heteroatoms. The van der Waals surface area contributed by atoms with Crippen LogP contribution >= 0.6 is 11.8 Å². The summed E-state index contributed by atoms with van der Waals surface area (Å²) >= 11 is 1.92. The van der Waals surface area contributed by atoms with Gasteiger partial charge in [0.2, 0.25) is 5.91 Å². The quantitative estimate of drug-likeness (QED) is 0.775. The molecule has 0 bridgehead atoms. The highest BCUT2D eigenvalue weighted by atomic mass is 32.2. The first-order valence-electron chi connectivity index (χ1n) is 7.36. The minimum Gasteiger partial charge on any atom is -0.337 e. The van der Waals surface area contributed by atoms with E-state index in [1.165, 1.54) is 0 Å². The Bertz CT molecular complexity index is 345. The Balaban J connectivity index is 2.95. The molecule has 1 aliphatic rings. The number of hydrogen-bond donors (Lipinski definition) is 0. The first-order valence-corrected chi connectivity index (χ1v) is 8.41. The Labute approximate surface area is 121 Å². The maximum absolute atomic E-state index is 12.9. The van der Waals surface area contributed by atoms with Gasteiger partial charge in [-0.1, -0.05) is 33.6 Å². The standard InChI is InChI=1S/C15H26N2OS/c1-5-7-15(11-16,8-6-2)14(18)17-9-10-19-13(4)12(17)3/h12-13H,5-10H2,1-4H3. The van der Waals surface area contributed by atoms with Crippen LogP contribution in [0.1, 0.15) is 53.4 Å². The molecule has 3 nitrogen and oxygen atoms in total. The van der Waals surface area contributed by atoms with Crippen molar-refractivity contribution in [3.63, 3.8) is 0 Å². The molecule has 0 radical (unpaired) electrons. The third kappa shape index (κ3) is 3.45. The van der Waals surface area contributed by atoms with Crippen molar-refractivity contribution in [3.8, 4) is 6.07 Å². The van der Waals surface area contributed by atoms with Crippen molar-refractivity contribution in [1.29, 1.82) is 5.26 Å². The number of carbonyl (C=O) groups is 1. The number of rotatable bonds is 5. The second-order valence-corrected chi connectivity index (χ2v) is 6.99. The molecular weight excluding hydrogens is 256 g/mol. The highest BCUT2D eigenvalue weighted by Gasteiger charge is 2.43. The summed E-state index contributed by atoms with van der Waals surface area (Å²) in [5, 5.41) is 10.0. The van der Waals surface area contributed by atoms with E-state index in [1.807, 2.05) is 30.5 Å². The summed E-state index contributed by atoms with van der Waals surface area (Å²) in [7, 11) is 0. The molecule has 2 unspecified atom stereocenters. The van der Waals surface area contributed by atoms with Gasteiger partial charge in [0.05, 0.1) is 6.07 Å². The average molecular weight is 282 g/mol. The van der Waals surface area contributed by atoms with Gasteiger partial charge in [-0.25, -0.2) is 0 Å². The molecule has 0 aliphatic carbocycles. The summed E-state index contributed by atoms with van der Waals surface area (Å²) in [5.74, 6) is 1.05. The van der Waals surface area contributed by atoms with Gasteiger partial charge in [-0.2, -0.15) is 17.0 Å². The summed E-state index contributed by atoms with van der Waals surface area (Å²) in [6.45, 7) is 9.16. The van der Waals surface area contributed by atoms with Crippen LogP contribution in [0.5, 0.6) is 0 Å². The zero-order chi connectivity index (χ0) is 14.5. The third-order valence-electron chi connectivity index (χ3n) is 4.12. The smallest absolute Gasteiger partial charge is 0.243 e. The van der Waals surface area contributed by atoms with Crippen molar-refractivity contribution in [1.82, 2.24) is 4.90 Å². The van der Waals surface area contributed by atoms with E-state index in [-0.39, 0.29) is 11.9 Å². The topological polar surface area (TPSA) is 44.1 Å². The molecule has 1 fully saturated rings. The van der Waals surface area contributed by atoms with Crippen LogP contribution in [0.25, 0.3) is 0 Å². The number of nitrogens with zero attached hydrogens (tertiary/aromatic N) is 2. The molecule has 0 spiro atoms. The second-order valence-electron chi connectivity index (χ2n) is 5.51. The van der Waals surface area contributed by atoms with E-state index in [0.29, 0.717) is 18.1 Å². The van der Waals surface area contributed by atoms with Crippen LogP contribution in [0, 0.1) is 16.7 Å². The van der Waals surface area contributed by atoms with E-state index in [9.17, 15) is 10.1 Å². The van der Waals surface area contributed by atoms with Gasteiger partial charge in [0.25, 0.3) is 0 Å². The van der Waals surface area contributed by atoms with Crippen LogP contribution in [0.4, 0.5) is 0 Å². The lowest BCUT2D eigenvalue weighted by atomic mass is 9.79. The minimum absolute atomic E-state index is 0.0679. The minimum atomic E-state index is -0.792. The van der Waals surface area contributed by atoms with Gasteiger partial charge in [0.1, 0.15) is 5.41 Å². The molecule has 0 aromatic rings. The predicted octanol–water partition coefficient (Wildman–Crippen LogP) is 3.45. The maximum atomic E-state index is 12.9. The zero-order valence-corrected chi connectivity index (χ0v) is 13.4. The van der Waals surface area contributed by atoms with Gasteiger partial charge >= 0.3 is 0 Å². The SMILES string of the molecule is CCCC(C#N)(CCC)C(=O)N1CCSC(C)C1C. The Morgan fingerprint density at radius 3 is 2.42 bits per heavy atom. The molecule has 0 saturated carbocycles. The van der Waals surface area contributed by atoms with Crippen molar-refractivity contribution >= 4 is 17.7 Å². The summed E-state index contributed by atoms with van der Waals surface area (Å²) < 4.78 is 0. The fourth-order valence-corrected chi connectivity index (χ4v) is 3.95. The Kier molecular flexibility index (Phi) is 6.19. The van der Waals surface area contributed by atoms with Gasteiger partial charge < -0.3 is 4.90 Å². The second kappa shape index (κ2) is 7.19. The molecule has 0 N–H and O–H groups in total. The number of carbonyl (C=O) groups excluding carboxylic acids is 1. The maximum Gasteiger partial charge on any atom is 0.243 e. The molecule has 1 saturated heterocycles. The predicted molar refractivity (Wildman–Crippen MR) is 81.0 cm³/mol. The van der Waals surface area contributed by atoms with E-state index >= 15 is 0 Å². The molecular formula is C15H26N2OS. The molecule has 0 aromatic heterocycles. The largest absolute Gasteiger partial charge is 0.337 e. The highest BCUT2D eigenvalue weighted by Crippen LogP contribution is 2.35. The van der Waals surface area contributed by atoms with Crippen molar-refractivity contribution in [2.24, 2.45) is 5.41 Å². The fourth-order valence-electron chi connectivity index (χ4n) is 2.85. The first-order chi connectivity index (χ1) is 9.02. The average Bonchev–Trinajstić information content (AvgIpc) is 2.40. The molecule has 19 heavy (non-hydrogen) atoms. The van der Waals surface area contributed by atoms with Gasteiger partial charge in [-0.05, 0) is 19.8 Å². The normalized spacial score (nSPS) is 24.1. The van der Waals surface area contributed by atoms with Gasteiger partial charge in [0.15, 0.2) is 0 Å². The number of thioether (sulfide) groups is 1. The van der Waals surface area contributed by atoms with Crippen LogP contribution in [-0.2, 0) is 4.79 Å². The van der Waals surface area contributed by atoms with Crippen LogP contribution in [0.3, 0.4) is 0 Å². The van der Waals surface area contributed by atoms with Crippen LogP contribution in [-0.4, -0.2) is 34.4 Å². The Morgan fingerprint density at radius 1 is 1.37 bits per heavy atom. The van der Waals surface area contributed by atoms with Gasteiger partial charge in [0, 0.05) is 23.6 Å². The molecule has 2 atom stereocenters. The van der Waals surface area contributed by atoms with E-state index < -0.39 is 5.41 Å². The summed E-state index contributed by atoms with van der Waals surface area (Å²) in [6.07, 6.45) is 3.12. The van der Waals surface area contributed by atoms with Crippen molar-refractivity contribution < 1.29 is 4.79 Å². The van der Waals surface area contributed by atoms with Crippen molar-refractivity contribution in [2.45, 2.75) is 64.7 Å². The molecule has 1 rings (SSSR count). The van der Waals surface area contributed by atoms with Gasteiger partial charge in [-0.15, -0.1) is 0 Å². The third-order valence-corrected chi connectivity index (χ3v) is 5.46. The molecule has 1 aliphatic heterocycles. The zero-order valence-electron chi connectivity index (χ0n) is 12.6. The Hall–Kier alpha value is -0.690. The first kappa shape index (κ1) is 16.4. The number of nitriles is 1. The monoisotopic (exact) mass is 282 g/mol. The summed E-state index contributed by atoms with van der Waals surface area (Å²) in [5.41, 5.74) is -0.792. The van der Waals surface area contributed by atoms with Gasteiger partial charge in [-0.3, -0.25) is 4.79 Å².